The second kappa shape index (κ2) is 5.92. The quantitative estimate of drug-likeness (QED) is 0.870. The summed E-state index contributed by atoms with van der Waals surface area (Å²) in [6.45, 7) is 4.80. The number of nitrogens with zero attached hydrogens (tertiary/aromatic N) is 1. The molecule has 1 aromatic heterocycles. The molecule has 0 bridgehead atoms. The van der Waals surface area contributed by atoms with Crippen LogP contribution in [0.1, 0.15) is 31.2 Å². The highest BCUT2D eigenvalue weighted by molar-refractivity contribution is 7.07. The second-order valence-electron chi connectivity index (χ2n) is 6.08. The minimum absolute atomic E-state index is 0.289. The molecule has 1 aromatic rings. The molecule has 0 amide bonds. The minimum atomic E-state index is 0.289. The summed E-state index contributed by atoms with van der Waals surface area (Å²) in [5.74, 6) is 0. The van der Waals surface area contributed by atoms with E-state index in [1.165, 1.54) is 18.4 Å². The number of hydrogen-bond donors (Lipinski definition) is 1. The van der Waals surface area contributed by atoms with Gasteiger partial charge >= 0.3 is 0 Å². The molecule has 19 heavy (non-hydrogen) atoms. The molecule has 3 rings (SSSR count). The molecule has 2 fully saturated rings. The third kappa shape index (κ3) is 3.37. The summed E-state index contributed by atoms with van der Waals surface area (Å²) in [7, 11) is 0. The van der Waals surface area contributed by atoms with Crippen LogP contribution in [-0.2, 0) is 11.3 Å². The Balaban J connectivity index is 1.66. The summed E-state index contributed by atoms with van der Waals surface area (Å²) in [6.07, 6.45) is 4.97. The molecular formula is C15H24N2OS. The maximum atomic E-state index is 6.10. The Morgan fingerprint density at radius 2 is 2.16 bits per heavy atom. The molecule has 0 spiro atoms. The first kappa shape index (κ1) is 13.6. The summed E-state index contributed by atoms with van der Waals surface area (Å²) >= 11 is 1.79. The van der Waals surface area contributed by atoms with Gasteiger partial charge in [-0.3, -0.25) is 4.90 Å². The number of rotatable bonds is 6. The standard InChI is InChI=1S/C15H24N2OS/c16-11-15(4-6-18-7-5-15)12-17(14-1-2-14)9-13-3-8-19-10-13/h3,8,10,14H,1-2,4-7,9,11-12,16H2. The third-order valence-electron chi connectivity index (χ3n) is 4.55. The predicted octanol–water partition coefficient (Wildman–Crippen LogP) is 2.47. The molecule has 106 valence electrons. The van der Waals surface area contributed by atoms with Crippen molar-refractivity contribution >= 4 is 11.3 Å². The van der Waals surface area contributed by atoms with Crippen molar-refractivity contribution in [3.8, 4) is 0 Å². The highest BCUT2D eigenvalue weighted by Crippen LogP contribution is 2.36. The van der Waals surface area contributed by atoms with Crippen molar-refractivity contribution in [2.45, 2.75) is 38.3 Å². The summed E-state index contributed by atoms with van der Waals surface area (Å²) in [5, 5.41) is 4.45. The SMILES string of the molecule is NCC1(CN(Cc2ccsc2)C2CC2)CCOCC1. The summed E-state index contributed by atoms with van der Waals surface area (Å²) < 4.78 is 5.52. The lowest BCUT2D eigenvalue weighted by Crippen LogP contribution is -2.46. The van der Waals surface area contributed by atoms with Crippen molar-refractivity contribution in [3.05, 3.63) is 22.4 Å². The zero-order valence-corrected chi connectivity index (χ0v) is 12.3. The van der Waals surface area contributed by atoms with Crippen LogP contribution in [0.4, 0.5) is 0 Å². The van der Waals surface area contributed by atoms with Crippen LogP contribution in [0.5, 0.6) is 0 Å². The number of hydrogen-bond acceptors (Lipinski definition) is 4. The maximum Gasteiger partial charge on any atom is 0.0472 e. The Kier molecular flexibility index (Phi) is 4.22. The van der Waals surface area contributed by atoms with Gasteiger partial charge in [-0.15, -0.1) is 0 Å². The molecule has 1 aliphatic heterocycles. The van der Waals surface area contributed by atoms with Gasteiger partial charge in [0.25, 0.3) is 0 Å². The van der Waals surface area contributed by atoms with Crippen LogP contribution < -0.4 is 5.73 Å². The van der Waals surface area contributed by atoms with Crippen molar-refractivity contribution in [2.24, 2.45) is 11.1 Å². The molecule has 0 unspecified atom stereocenters. The monoisotopic (exact) mass is 280 g/mol. The largest absolute Gasteiger partial charge is 0.381 e. The Hall–Kier alpha value is -0.420. The normalized spacial score (nSPS) is 22.8. The van der Waals surface area contributed by atoms with E-state index in [1.807, 2.05) is 0 Å². The lowest BCUT2D eigenvalue weighted by molar-refractivity contribution is -0.00304. The van der Waals surface area contributed by atoms with E-state index in [0.717, 1.165) is 51.7 Å². The molecule has 3 nitrogen and oxygen atoms in total. The number of ether oxygens (including phenoxy) is 1. The summed E-state index contributed by atoms with van der Waals surface area (Å²) in [4.78, 5) is 2.67. The van der Waals surface area contributed by atoms with Crippen LogP contribution in [-0.4, -0.2) is 37.2 Å². The van der Waals surface area contributed by atoms with Crippen LogP contribution in [0.2, 0.25) is 0 Å². The predicted molar refractivity (Wildman–Crippen MR) is 79.3 cm³/mol. The van der Waals surface area contributed by atoms with Gasteiger partial charge in [0.15, 0.2) is 0 Å². The van der Waals surface area contributed by atoms with E-state index in [1.54, 1.807) is 11.3 Å². The smallest absolute Gasteiger partial charge is 0.0472 e. The lowest BCUT2D eigenvalue weighted by Gasteiger charge is -2.40. The minimum Gasteiger partial charge on any atom is -0.381 e. The van der Waals surface area contributed by atoms with Crippen LogP contribution in [0.25, 0.3) is 0 Å². The van der Waals surface area contributed by atoms with Gasteiger partial charge in [0.1, 0.15) is 0 Å². The van der Waals surface area contributed by atoms with Gasteiger partial charge in [0.2, 0.25) is 0 Å². The van der Waals surface area contributed by atoms with Gasteiger partial charge < -0.3 is 10.5 Å². The van der Waals surface area contributed by atoms with Crippen LogP contribution in [0.3, 0.4) is 0 Å². The molecule has 2 N–H and O–H groups in total. The van der Waals surface area contributed by atoms with E-state index in [-0.39, 0.29) is 5.41 Å². The molecular weight excluding hydrogens is 256 g/mol. The molecule has 0 radical (unpaired) electrons. The zero-order valence-electron chi connectivity index (χ0n) is 11.5. The Morgan fingerprint density at radius 3 is 2.74 bits per heavy atom. The Bertz CT molecular complexity index is 383. The fraction of sp³-hybridized carbons (Fsp3) is 0.733. The highest BCUT2D eigenvalue weighted by Gasteiger charge is 2.38. The second-order valence-corrected chi connectivity index (χ2v) is 6.86. The topological polar surface area (TPSA) is 38.5 Å². The van der Waals surface area contributed by atoms with Gasteiger partial charge in [-0.1, -0.05) is 0 Å². The van der Waals surface area contributed by atoms with Crippen LogP contribution in [0, 0.1) is 5.41 Å². The van der Waals surface area contributed by atoms with Crippen molar-refractivity contribution in [3.63, 3.8) is 0 Å². The zero-order chi connectivity index (χ0) is 13.1. The first-order valence-corrected chi connectivity index (χ1v) is 8.29. The van der Waals surface area contributed by atoms with Crippen molar-refractivity contribution in [1.82, 2.24) is 4.90 Å². The molecule has 1 saturated heterocycles. The summed E-state index contributed by atoms with van der Waals surface area (Å²) in [6, 6.07) is 3.05. The molecule has 2 heterocycles. The fourth-order valence-corrected chi connectivity index (χ4v) is 3.69. The molecule has 0 aromatic carbocycles. The Labute approximate surface area is 119 Å². The van der Waals surface area contributed by atoms with E-state index < -0.39 is 0 Å². The van der Waals surface area contributed by atoms with E-state index in [0.29, 0.717) is 0 Å². The molecule has 4 heteroatoms. The number of nitrogens with two attached hydrogens (primary N) is 1. The molecule has 0 atom stereocenters. The van der Waals surface area contributed by atoms with Gasteiger partial charge in [-0.05, 0) is 60.0 Å². The molecule has 1 saturated carbocycles. The highest BCUT2D eigenvalue weighted by atomic mass is 32.1. The van der Waals surface area contributed by atoms with Gasteiger partial charge in [0.05, 0.1) is 0 Å². The van der Waals surface area contributed by atoms with Gasteiger partial charge in [-0.25, -0.2) is 0 Å². The van der Waals surface area contributed by atoms with Crippen LogP contribution >= 0.6 is 11.3 Å². The van der Waals surface area contributed by atoms with Crippen LogP contribution in [0.15, 0.2) is 16.8 Å². The van der Waals surface area contributed by atoms with Gasteiger partial charge in [0, 0.05) is 32.3 Å². The van der Waals surface area contributed by atoms with E-state index >= 15 is 0 Å². The third-order valence-corrected chi connectivity index (χ3v) is 5.29. The number of thiophene rings is 1. The van der Waals surface area contributed by atoms with Crippen molar-refractivity contribution < 1.29 is 4.74 Å². The van der Waals surface area contributed by atoms with E-state index in [2.05, 4.69) is 21.7 Å². The maximum absolute atomic E-state index is 6.10. The first-order valence-electron chi connectivity index (χ1n) is 7.34. The lowest BCUT2D eigenvalue weighted by atomic mass is 9.79. The fourth-order valence-electron chi connectivity index (χ4n) is 3.03. The average Bonchev–Trinajstić information content (AvgIpc) is 3.18. The molecule has 2 aliphatic rings. The van der Waals surface area contributed by atoms with Crippen molar-refractivity contribution in [1.29, 1.82) is 0 Å². The van der Waals surface area contributed by atoms with Crippen molar-refractivity contribution in [2.75, 3.05) is 26.3 Å². The van der Waals surface area contributed by atoms with E-state index in [9.17, 15) is 0 Å². The average molecular weight is 280 g/mol. The summed E-state index contributed by atoms with van der Waals surface area (Å²) in [5.41, 5.74) is 7.84. The molecule has 1 aliphatic carbocycles. The Morgan fingerprint density at radius 1 is 1.37 bits per heavy atom. The first-order chi connectivity index (χ1) is 9.31. The van der Waals surface area contributed by atoms with Gasteiger partial charge in [-0.2, -0.15) is 11.3 Å². The van der Waals surface area contributed by atoms with E-state index in [4.69, 9.17) is 10.5 Å².